The molecule has 0 aliphatic rings. The average Bonchev–Trinajstić information content (AvgIpc) is 2.56. The van der Waals surface area contributed by atoms with Crippen molar-refractivity contribution in [1.29, 1.82) is 0 Å². The first-order valence-corrected chi connectivity index (χ1v) is 6.39. The summed E-state index contributed by atoms with van der Waals surface area (Å²) >= 11 is 11.7. The van der Waals surface area contributed by atoms with Gasteiger partial charge in [0.25, 0.3) is 0 Å². The van der Waals surface area contributed by atoms with E-state index in [2.05, 4.69) is 14.3 Å². The van der Waals surface area contributed by atoms with Crippen LogP contribution >= 0.6 is 44.1 Å². The number of halogens is 2. The fourth-order valence-electron chi connectivity index (χ4n) is 0.786. The van der Waals surface area contributed by atoms with Crippen LogP contribution in [0.1, 0.15) is 0 Å². The third kappa shape index (κ3) is 2.12. The van der Waals surface area contributed by atoms with Gasteiger partial charge in [-0.15, -0.1) is 0 Å². The molecule has 0 bridgehead atoms. The van der Waals surface area contributed by atoms with E-state index in [0.29, 0.717) is 20.5 Å². The molecule has 0 saturated heterocycles. The van der Waals surface area contributed by atoms with Crippen molar-refractivity contribution in [2.75, 3.05) is 0 Å². The Kier molecular flexibility index (Phi) is 3.12. The van der Waals surface area contributed by atoms with Gasteiger partial charge in [-0.1, -0.05) is 23.2 Å². The lowest BCUT2D eigenvalue weighted by atomic mass is 10.4. The summed E-state index contributed by atoms with van der Waals surface area (Å²) in [6.07, 6.45) is 3.20. The molecular formula is C7H3Cl2N3S2. The second-order valence-corrected chi connectivity index (χ2v) is 4.88. The van der Waals surface area contributed by atoms with E-state index in [1.165, 1.54) is 20.9 Å². The zero-order valence-electron chi connectivity index (χ0n) is 6.65. The highest BCUT2D eigenvalue weighted by Gasteiger charge is 2.00. The molecule has 0 aromatic carbocycles. The van der Waals surface area contributed by atoms with Crippen LogP contribution in [0.2, 0.25) is 10.2 Å². The smallest absolute Gasteiger partial charge is 0.179 e. The van der Waals surface area contributed by atoms with E-state index in [0.717, 1.165) is 0 Å². The molecule has 2 aromatic heterocycles. The molecule has 0 aliphatic heterocycles. The van der Waals surface area contributed by atoms with E-state index < -0.39 is 0 Å². The van der Waals surface area contributed by atoms with Crippen molar-refractivity contribution in [3.05, 3.63) is 33.3 Å². The van der Waals surface area contributed by atoms with Gasteiger partial charge in [-0.2, -0.15) is 4.37 Å². The van der Waals surface area contributed by atoms with E-state index in [1.807, 2.05) is 0 Å². The van der Waals surface area contributed by atoms with Gasteiger partial charge in [0, 0.05) is 16.7 Å². The standard InChI is InChI=1S/C7H3Cl2N3S2/c8-4-1-2-10-3-5(4)11-7-6(9)12-14-13-7/h1-3H. The predicted octanol–water partition coefficient (Wildman–Crippen LogP) is 3.14. The molecule has 0 atom stereocenters. The van der Waals surface area contributed by atoms with Crippen molar-refractivity contribution in [3.63, 3.8) is 0 Å². The maximum atomic E-state index is 5.90. The Hall–Kier alpha value is -0.490. The quantitative estimate of drug-likeness (QED) is 0.742. The highest BCUT2D eigenvalue weighted by atomic mass is 35.5. The Labute approximate surface area is 97.2 Å². The van der Waals surface area contributed by atoms with Crippen LogP contribution in [0.4, 0.5) is 5.69 Å². The second-order valence-electron chi connectivity index (χ2n) is 2.28. The molecule has 0 unspecified atom stereocenters. The Morgan fingerprint density at radius 1 is 1.36 bits per heavy atom. The molecule has 2 heterocycles. The molecule has 0 aliphatic carbocycles. The van der Waals surface area contributed by atoms with Crippen molar-refractivity contribution in [1.82, 2.24) is 9.36 Å². The minimum Gasteiger partial charge on any atom is -0.262 e. The molecule has 3 nitrogen and oxygen atoms in total. The first kappa shape index (κ1) is 10.0. The summed E-state index contributed by atoms with van der Waals surface area (Å²) in [5, 5.41) is 0.953. The van der Waals surface area contributed by atoms with E-state index in [4.69, 9.17) is 23.2 Å². The minimum atomic E-state index is 0.403. The lowest BCUT2D eigenvalue weighted by Crippen LogP contribution is -1.92. The Morgan fingerprint density at radius 2 is 2.21 bits per heavy atom. The number of hydrogen-bond acceptors (Lipinski definition) is 5. The van der Waals surface area contributed by atoms with Gasteiger partial charge < -0.3 is 0 Å². The molecule has 2 rings (SSSR count). The Bertz CT molecular complexity index is 505. The summed E-state index contributed by atoms with van der Waals surface area (Å²) in [5.41, 5.74) is 0.604. The van der Waals surface area contributed by atoms with Crippen molar-refractivity contribution >= 4 is 49.8 Å². The van der Waals surface area contributed by atoms with Gasteiger partial charge in [0.15, 0.2) is 9.82 Å². The lowest BCUT2D eigenvalue weighted by Gasteiger charge is -1.93. The van der Waals surface area contributed by atoms with Gasteiger partial charge >= 0.3 is 0 Å². The molecule has 0 saturated carbocycles. The topological polar surface area (TPSA) is 38.1 Å². The van der Waals surface area contributed by atoms with E-state index in [1.54, 1.807) is 18.5 Å². The van der Waals surface area contributed by atoms with Crippen LogP contribution in [0.15, 0.2) is 23.5 Å². The van der Waals surface area contributed by atoms with Crippen LogP contribution in [0.3, 0.4) is 0 Å². The average molecular weight is 264 g/mol. The van der Waals surface area contributed by atoms with Gasteiger partial charge in [-0.25, -0.2) is 4.99 Å². The largest absolute Gasteiger partial charge is 0.262 e. The maximum absolute atomic E-state index is 5.90. The molecule has 0 spiro atoms. The second kappa shape index (κ2) is 4.35. The Balaban J connectivity index is 2.54. The summed E-state index contributed by atoms with van der Waals surface area (Å²) in [6, 6.07) is 1.68. The zero-order valence-corrected chi connectivity index (χ0v) is 9.79. The molecular weight excluding hydrogens is 261 g/mol. The fraction of sp³-hybridized carbons (Fsp3) is 0. The summed E-state index contributed by atoms with van der Waals surface area (Å²) in [7, 11) is 2.69. The highest BCUT2D eigenvalue weighted by molar-refractivity contribution is 7.66. The number of nitrogens with zero attached hydrogens (tertiary/aromatic N) is 3. The van der Waals surface area contributed by atoms with Gasteiger partial charge in [-0.3, -0.25) is 4.98 Å². The SMILES string of the molecule is Clc1ccncc1N=c1ssnc1Cl. The maximum Gasteiger partial charge on any atom is 0.179 e. The van der Waals surface area contributed by atoms with Crippen molar-refractivity contribution in [2.24, 2.45) is 4.99 Å². The van der Waals surface area contributed by atoms with Gasteiger partial charge in [-0.05, 0) is 16.4 Å². The first-order chi connectivity index (χ1) is 6.77. The normalized spacial score (nSPS) is 12.0. The summed E-state index contributed by atoms with van der Waals surface area (Å²) in [4.78, 5) is 8.16. The molecule has 72 valence electrons. The van der Waals surface area contributed by atoms with Crippen LogP contribution in [0, 0.1) is 0 Å². The predicted molar refractivity (Wildman–Crippen MR) is 59.5 cm³/mol. The van der Waals surface area contributed by atoms with Gasteiger partial charge in [0.2, 0.25) is 0 Å². The van der Waals surface area contributed by atoms with Crippen LogP contribution in [-0.2, 0) is 0 Å². The third-order valence-corrected chi connectivity index (χ3v) is 3.87. The third-order valence-electron chi connectivity index (χ3n) is 1.38. The zero-order chi connectivity index (χ0) is 9.97. The fourth-order valence-corrected chi connectivity index (χ4v) is 2.92. The molecule has 0 radical (unpaired) electrons. The Morgan fingerprint density at radius 3 is 2.86 bits per heavy atom. The highest BCUT2D eigenvalue weighted by Crippen LogP contribution is 2.22. The number of rotatable bonds is 1. The first-order valence-electron chi connectivity index (χ1n) is 3.53. The summed E-state index contributed by atoms with van der Waals surface area (Å²) < 4.78 is 4.57. The molecule has 7 heteroatoms. The lowest BCUT2D eigenvalue weighted by molar-refractivity contribution is 1.28. The molecule has 0 fully saturated rings. The van der Waals surface area contributed by atoms with Crippen molar-refractivity contribution in [3.8, 4) is 0 Å². The van der Waals surface area contributed by atoms with E-state index >= 15 is 0 Å². The molecule has 0 N–H and O–H groups in total. The van der Waals surface area contributed by atoms with Crippen LogP contribution < -0.4 is 4.67 Å². The minimum absolute atomic E-state index is 0.403. The van der Waals surface area contributed by atoms with E-state index in [-0.39, 0.29) is 0 Å². The van der Waals surface area contributed by atoms with E-state index in [9.17, 15) is 0 Å². The molecule has 14 heavy (non-hydrogen) atoms. The van der Waals surface area contributed by atoms with Crippen LogP contribution in [0.5, 0.6) is 0 Å². The summed E-state index contributed by atoms with van der Waals surface area (Å²) in [6.45, 7) is 0. The number of pyridine rings is 1. The number of hydrogen-bond donors (Lipinski definition) is 0. The summed E-state index contributed by atoms with van der Waals surface area (Å²) in [5.74, 6) is 0. The van der Waals surface area contributed by atoms with Gasteiger partial charge in [0.1, 0.15) is 5.69 Å². The monoisotopic (exact) mass is 263 g/mol. The van der Waals surface area contributed by atoms with Crippen molar-refractivity contribution in [2.45, 2.75) is 0 Å². The molecule has 2 aromatic rings. The van der Waals surface area contributed by atoms with Crippen LogP contribution in [-0.4, -0.2) is 9.36 Å². The van der Waals surface area contributed by atoms with Gasteiger partial charge in [0.05, 0.1) is 11.2 Å². The van der Waals surface area contributed by atoms with Crippen molar-refractivity contribution < 1.29 is 0 Å². The number of aromatic nitrogens is 2. The van der Waals surface area contributed by atoms with Crippen LogP contribution in [0.25, 0.3) is 0 Å². The molecule has 0 amide bonds.